The maximum atomic E-state index is 13.5. The van der Waals surface area contributed by atoms with Gasteiger partial charge in [-0.25, -0.2) is 9.18 Å². The molecular weight excluding hydrogens is 315 g/mol. The lowest BCUT2D eigenvalue weighted by Gasteiger charge is -2.29. The van der Waals surface area contributed by atoms with E-state index < -0.39 is 11.9 Å². The molecule has 3 aromatic rings. The molecule has 0 atom stereocenters. The van der Waals surface area contributed by atoms with Gasteiger partial charge in [0.25, 0.3) is 5.56 Å². The Morgan fingerprint density at radius 2 is 2.04 bits per heavy atom. The Bertz CT molecular complexity index is 1000. The molecule has 124 valence electrons. The van der Waals surface area contributed by atoms with Crippen LogP contribution in [0.2, 0.25) is 0 Å². The number of rotatable bonds is 1. The molecule has 0 bridgehead atoms. The minimum atomic E-state index is -0.922. The smallest absolute Gasteiger partial charge is 0.407 e. The van der Waals surface area contributed by atoms with E-state index >= 15 is 0 Å². The minimum absolute atomic E-state index is 0.0665. The summed E-state index contributed by atoms with van der Waals surface area (Å²) in [6.07, 6.45) is 0.354. The molecule has 0 spiro atoms. The summed E-state index contributed by atoms with van der Waals surface area (Å²) in [5.74, 6) is -0.324. The van der Waals surface area contributed by atoms with E-state index in [0.29, 0.717) is 42.5 Å². The second-order valence-corrected chi connectivity index (χ2v) is 6.03. The quantitative estimate of drug-likeness (QED) is 0.715. The monoisotopic (exact) mass is 330 g/mol. The fourth-order valence-corrected chi connectivity index (χ4v) is 3.31. The van der Waals surface area contributed by atoms with Gasteiger partial charge in [-0.1, -0.05) is 0 Å². The van der Waals surface area contributed by atoms with Gasteiger partial charge in [-0.05, 0) is 31.0 Å². The van der Waals surface area contributed by atoms with Gasteiger partial charge >= 0.3 is 6.09 Å². The van der Waals surface area contributed by atoms with Crippen LogP contribution in [0.25, 0.3) is 16.6 Å². The number of carbonyl (C=O) groups is 1. The molecule has 7 nitrogen and oxygen atoms in total. The Kier molecular flexibility index (Phi) is 3.26. The molecule has 1 amide bonds. The molecule has 1 aliphatic rings. The van der Waals surface area contributed by atoms with E-state index in [4.69, 9.17) is 5.11 Å². The van der Waals surface area contributed by atoms with Crippen LogP contribution in [0.3, 0.4) is 0 Å². The lowest BCUT2D eigenvalue weighted by molar-refractivity contribution is 0.131. The first-order chi connectivity index (χ1) is 11.5. The predicted octanol–water partition coefficient (Wildman–Crippen LogP) is 2.17. The Hall–Kier alpha value is -2.90. The zero-order valence-corrected chi connectivity index (χ0v) is 12.7. The van der Waals surface area contributed by atoms with Gasteiger partial charge in [0.15, 0.2) is 0 Å². The van der Waals surface area contributed by atoms with Crippen molar-refractivity contribution in [1.82, 2.24) is 19.5 Å². The zero-order chi connectivity index (χ0) is 16.8. The van der Waals surface area contributed by atoms with E-state index in [9.17, 15) is 14.0 Å². The number of hydrogen-bond donors (Lipinski definition) is 2. The first kappa shape index (κ1) is 14.7. The Balaban J connectivity index is 1.77. The molecule has 1 aromatic carbocycles. The summed E-state index contributed by atoms with van der Waals surface area (Å²) < 4.78 is 14.8. The van der Waals surface area contributed by atoms with Crippen molar-refractivity contribution in [2.24, 2.45) is 0 Å². The summed E-state index contributed by atoms with van der Waals surface area (Å²) in [5, 5.41) is 13.8. The van der Waals surface area contributed by atoms with Crippen LogP contribution in [-0.2, 0) is 0 Å². The van der Waals surface area contributed by atoms with Gasteiger partial charge in [0.1, 0.15) is 11.5 Å². The SMILES string of the molecule is O=C(O)N1CCC(c2cc(=O)n3nc4ccc(F)cc4c3[nH]2)CC1. The molecule has 0 unspecified atom stereocenters. The standard InChI is InChI=1S/C16H15FN4O3/c17-10-1-2-12-11(7-10)15-18-13(8-14(22)21(15)19-12)9-3-5-20(6-4-9)16(23)24/h1-2,7-9,18H,3-6H2,(H,23,24). The van der Waals surface area contributed by atoms with E-state index in [2.05, 4.69) is 10.1 Å². The number of H-pyrrole nitrogens is 1. The van der Waals surface area contributed by atoms with Gasteiger partial charge in [0.05, 0.1) is 5.52 Å². The molecule has 4 rings (SSSR count). The highest BCUT2D eigenvalue weighted by Crippen LogP contribution is 2.27. The topological polar surface area (TPSA) is 90.7 Å². The molecule has 0 saturated carbocycles. The lowest BCUT2D eigenvalue weighted by atomic mass is 9.93. The number of carboxylic acid groups (broad SMARTS) is 1. The average molecular weight is 330 g/mol. The molecule has 1 aliphatic heterocycles. The molecule has 8 heteroatoms. The van der Waals surface area contributed by atoms with Crippen LogP contribution in [-0.4, -0.2) is 43.8 Å². The van der Waals surface area contributed by atoms with Crippen LogP contribution in [0, 0.1) is 5.82 Å². The number of piperidine rings is 1. The van der Waals surface area contributed by atoms with Gasteiger partial charge < -0.3 is 15.0 Å². The largest absolute Gasteiger partial charge is 0.465 e. The molecule has 1 fully saturated rings. The number of halogens is 1. The molecule has 2 N–H and O–H groups in total. The molecule has 0 radical (unpaired) electrons. The van der Waals surface area contributed by atoms with Gasteiger partial charge in [0.2, 0.25) is 0 Å². The minimum Gasteiger partial charge on any atom is -0.465 e. The number of likely N-dealkylation sites (tertiary alicyclic amines) is 1. The number of aromatic amines is 1. The van der Waals surface area contributed by atoms with Gasteiger partial charge in [-0.15, -0.1) is 0 Å². The molecule has 1 saturated heterocycles. The van der Waals surface area contributed by atoms with Gasteiger partial charge in [-0.2, -0.15) is 9.61 Å². The third-order valence-electron chi connectivity index (χ3n) is 4.59. The van der Waals surface area contributed by atoms with E-state index in [1.807, 2.05) is 0 Å². The molecule has 0 aliphatic carbocycles. The fourth-order valence-electron chi connectivity index (χ4n) is 3.31. The van der Waals surface area contributed by atoms with Crippen LogP contribution in [0.15, 0.2) is 29.1 Å². The third-order valence-corrected chi connectivity index (χ3v) is 4.59. The molecule has 24 heavy (non-hydrogen) atoms. The van der Waals surface area contributed by atoms with E-state index in [1.165, 1.54) is 33.7 Å². The normalized spacial score (nSPS) is 16.1. The summed E-state index contributed by atoms with van der Waals surface area (Å²) in [6.45, 7) is 0.865. The third kappa shape index (κ3) is 2.31. The Morgan fingerprint density at radius 1 is 1.29 bits per heavy atom. The predicted molar refractivity (Wildman–Crippen MR) is 84.8 cm³/mol. The van der Waals surface area contributed by atoms with E-state index in [1.54, 1.807) is 0 Å². The molecule has 3 heterocycles. The highest BCUT2D eigenvalue weighted by atomic mass is 19.1. The second kappa shape index (κ2) is 5.33. The summed E-state index contributed by atoms with van der Waals surface area (Å²) in [4.78, 5) is 27.9. The number of benzene rings is 1. The van der Waals surface area contributed by atoms with Crippen molar-refractivity contribution in [3.8, 4) is 0 Å². The first-order valence-electron chi connectivity index (χ1n) is 7.72. The maximum Gasteiger partial charge on any atom is 0.407 e. The molecule has 2 aromatic heterocycles. The summed E-state index contributed by atoms with van der Waals surface area (Å²) >= 11 is 0. The summed E-state index contributed by atoms with van der Waals surface area (Å²) in [6, 6.07) is 5.69. The van der Waals surface area contributed by atoms with Gasteiger partial charge in [-0.3, -0.25) is 4.79 Å². The highest BCUT2D eigenvalue weighted by molar-refractivity contribution is 5.91. The van der Waals surface area contributed by atoms with Crippen LogP contribution >= 0.6 is 0 Å². The number of fused-ring (bicyclic) bond motifs is 3. The van der Waals surface area contributed by atoms with Crippen LogP contribution in [0.1, 0.15) is 24.5 Å². The Labute approximate surface area is 135 Å². The number of nitrogens with zero attached hydrogens (tertiary/aromatic N) is 3. The van der Waals surface area contributed by atoms with Crippen molar-refractivity contribution >= 4 is 22.6 Å². The zero-order valence-electron chi connectivity index (χ0n) is 12.7. The van der Waals surface area contributed by atoms with Crippen LogP contribution in [0.4, 0.5) is 9.18 Å². The second-order valence-electron chi connectivity index (χ2n) is 6.03. The average Bonchev–Trinajstić information content (AvgIpc) is 2.93. The highest BCUT2D eigenvalue weighted by Gasteiger charge is 2.24. The fraction of sp³-hybridized carbons (Fsp3) is 0.312. The van der Waals surface area contributed by atoms with Crippen LogP contribution < -0.4 is 5.56 Å². The Morgan fingerprint density at radius 3 is 2.75 bits per heavy atom. The van der Waals surface area contributed by atoms with Crippen molar-refractivity contribution in [3.63, 3.8) is 0 Å². The number of hydrogen-bond acceptors (Lipinski definition) is 3. The number of amides is 1. The van der Waals surface area contributed by atoms with Crippen molar-refractivity contribution < 1.29 is 14.3 Å². The first-order valence-corrected chi connectivity index (χ1v) is 7.72. The van der Waals surface area contributed by atoms with Crippen molar-refractivity contribution in [1.29, 1.82) is 0 Å². The summed E-state index contributed by atoms with van der Waals surface area (Å²) in [5.41, 5.74) is 1.47. The maximum absolute atomic E-state index is 13.5. The number of aromatic nitrogens is 3. The summed E-state index contributed by atoms with van der Waals surface area (Å²) in [7, 11) is 0. The molecular formula is C16H15FN4O3. The van der Waals surface area contributed by atoms with Crippen molar-refractivity contribution in [3.05, 3.63) is 46.1 Å². The van der Waals surface area contributed by atoms with Crippen molar-refractivity contribution in [2.45, 2.75) is 18.8 Å². The van der Waals surface area contributed by atoms with E-state index in [0.717, 1.165) is 5.69 Å². The van der Waals surface area contributed by atoms with E-state index in [-0.39, 0.29) is 11.5 Å². The van der Waals surface area contributed by atoms with Crippen LogP contribution in [0.5, 0.6) is 0 Å². The lowest BCUT2D eigenvalue weighted by Crippen LogP contribution is -2.37. The van der Waals surface area contributed by atoms with Gasteiger partial charge in [0, 0.05) is 36.2 Å². The van der Waals surface area contributed by atoms with Crippen molar-refractivity contribution in [2.75, 3.05) is 13.1 Å². The number of nitrogens with one attached hydrogen (secondary N) is 1.